The smallest absolute Gasteiger partial charge is 0.262 e. The predicted molar refractivity (Wildman–Crippen MR) is 105 cm³/mol. The van der Waals surface area contributed by atoms with E-state index in [2.05, 4.69) is 15.9 Å². The third kappa shape index (κ3) is 3.12. The van der Waals surface area contributed by atoms with E-state index in [0.29, 0.717) is 29.9 Å². The van der Waals surface area contributed by atoms with Crippen LogP contribution in [0.25, 0.3) is 10.8 Å². The van der Waals surface area contributed by atoms with Crippen molar-refractivity contribution in [1.82, 2.24) is 4.57 Å². The van der Waals surface area contributed by atoms with Crippen LogP contribution in [-0.2, 0) is 13.0 Å². The van der Waals surface area contributed by atoms with Crippen LogP contribution in [0.5, 0.6) is 23.0 Å². The average molecular weight is 432 g/mol. The first-order valence-electron chi connectivity index (χ1n) is 8.44. The molecule has 7 heteroatoms. The number of rotatable bonds is 5. The lowest BCUT2D eigenvalue weighted by Gasteiger charge is -2.13. The molecule has 0 unspecified atom stereocenters. The van der Waals surface area contributed by atoms with Gasteiger partial charge < -0.3 is 23.5 Å². The first-order valence-corrected chi connectivity index (χ1v) is 9.24. The van der Waals surface area contributed by atoms with Crippen LogP contribution in [0.3, 0.4) is 0 Å². The highest BCUT2D eigenvalue weighted by molar-refractivity contribution is 9.10. The lowest BCUT2D eigenvalue weighted by molar-refractivity contribution is 0.174. The zero-order valence-corrected chi connectivity index (χ0v) is 16.5. The number of fused-ring (bicyclic) bond motifs is 2. The minimum Gasteiger partial charge on any atom is -0.493 e. The molecule has 4 rings (SSSR count). The fourth-order valence-electron chi connectivity index (χ4n) is 3.25. The summed E-state index contributed by atoms with van der Waals surface area (Å²) in [6.07, 6.45) is 2.46. The highest BCUT2D eigenvalue weighted by Crippen LogP contribution is 2.37. The van der Waals surface area contributed by atoms with Gasteiger partial charge in [-0.1, -0.05) is 22.0 Å². The summed E-state index contributed by atoms with van der Waals surface area (Å²) in [7, 11) is 3.10. The molecule has 1 aromatic heterocycles. The molecule has 1 aliphatic rings. The summed E-state index contributed by atoms with van der Waals surface area (Å²) in [4.78, 5) is 13.0. The minimum absolute atomic E-state index is 0.111. The molecule has 0 saturated carbocycles. The molecule has 0 N–H and O–H groups in total. The molecule has 140 valence electrons. The predicted octanol–water partition coefficient (Wildman–Crippen LogP) is 3.75. The zero-order chi connectivity index (χ0) is 19.0. The molecule has 2 aromatic carbocycles. The van der Waals surface area contributed by atoms with E-state index in [1.165, 1.54) is 7.11 Å². The number of hydrogen-bond acceptors (Lipinski definition) is 5. The molecule has 3 aromatic rings. The quantitative estimate of drug-likeness (QED) is 0.615. The SMILES string of the molecule is COc1ccc2ccn(CCc3cc4c(cc3Br)OCO4)c(=O)c2c1OC. The van der Waals surface area contributed by atoms with Crippen molar-refractivity contribution in [3.63, 3.8) is 0 Å². The second-order valence-electron chi connectivity index (χ2n) is 6.13. The van der Waals surface area contributed by atoms with Gasteiger partial charge in [0, 0.05) is 17.2 Å². The number of methoxy groups -OCH3 is 2. The van der Waals surface area contributed by atoms with Crippen molar-refractivity contribution < 1.29 is 18.9 Å². The van der Waals surface area contributed by atoms with Crippen molar-refractivity contribution in [1.29, 1.82) is 0 Å². The van der Waals surface area contributed by atoms with Crippen molar-refractivity contribution in [3.8, 4) is 23.0 Å². The van der Waals surface area contributed by atoms with Gasteiger partial charge >= 0.3 is 0 Å². The van der Waals surface area contributed by atoms with E-state index in [0.717, 1.165) is 26.9 Å². The second-order valence-corrected chi connectivity index (χ2v) is 6.98. The van der Waals surface area contributed by atoms with Gasteiger partial charge in [-0.3, -0.25) is 4.79 Å². The van der Waals surface area contributed by atoms with Crippen molar-refractivity contribution >= 4 is 26.7 Å². The van der Waals surface area contributed by atoms with Gasteiger partial charge in [0.15, 0.2) is 23.0 Å². The van der Waals surface area contributed by atoms with Crippen LogP contribution in [0.2, 0.25) is 0 Å². The van der Waals surface area contributed by atoms with Gasteiger partial charge in [-0.05, 0) is 41.6 Å². The summed E-state index contributed by atoms with van der Waals surface area (Å²) in [5.74, 6) is 2.45. The van der Waals surface area contributed by atoms with Crippen LogP contribution >= 0.6 is 15.9 Å². The zero-order valence-electron chi connectivity index (χ0n) is 15.0. The van der Waals surface area contributed by atoms with Crippen molar-refractivity contribution in [2.24, 2.45) is 0 Å². The molecule has 0 saturated heterocycles. The molecule has 0 spiro atoms. The van der Waals surface area contributed by atoms with E-state index in [4.69, 9.17) is 18.9 Å². The Morgan fingerprint density at radius 2 is 1.89 bits per heavy atom. The fraction of sp³-hybridized carbons (Fsp3) is 0.250. The van der Waals surface area contributed by atoms with Gasteiger partial charge in [-0.2, -0.15) is 0 Å². The number of pyridine rings is 1. The fourth-order valence-corrected chi connectivity index (χ4v) is 3.77. The number of benzene rings is 2. The van der Waals surface area contributed by atoms with E-state index < -0.39 is 0 Å². The van der Waals surface area contributed by atoms with Gasteiger partial charge in [0.1, 0.15) is 0 Å². The van der Waals surface area contributed by atoms with Gasteiger partial charge in [-0.15, -0.1) is 0 Å². The van der Waals surface area contributed by atoms with Crippen LogP contribution in [0.1, 0.15) is 5.56 Å². The van der Waals surface area contributed by atoms with E-state index in [1.54, 1.807) is 23.9 Å². The number of halogens is 1. The number of nitrogens with zero attached hydrogens (tertiary/aromatic N) is 1. The van der Waals surface area contributed by atoms with Crippen molar-refractivity contribution in [3.05, 3.63) is 56.9 Å². The Labute approximate surface area is 164 Å². The van der Waals surface area contributed by atoms with Crippen LogP contribution in [0.4, 0.5) is 0 Å². The van der Waals surface area contributed by atoms with Crippen LogP contribution in [-0.4, -0.2) is 25.6 Å². The third-order valence-electron chi connectivity index (χ3n) is 4.65. The normalized spacial score (nSPS) is 12.4. The van der Waals surface area contributed by atoms with Gasteiger partial charge in [0.25, 0.3) is 5.56 Å². The average Bonchev–Trinajstić information content (AvgIpc) is 3.13. The minimum atomic E-state index is -0.111. The molecule has 2 heterocycles. The summed E-state index contributed by atoms with van der Waals surface area (Å²) < 4.78 is 24.2. The van der Waals surface area contributed by atoms with Gasteiger partial charge in [0.05, 0.1) is 19.6 Å². The van der Waals surface area contributed by atoms with E-state index >= 15 is 0 Å². The van der Waals surface area contributed by atoms with Crippen LogP contribution < -0.4 is 24.5 Å². The highest BCUT2D eigenvalue weighted by Gasteiger charge is 2.17. The maximum absolute atomic E-state index is 13.0. The Kier molecular flexibility index (Phi) is 4.70. The Bertz CT molecular complexity index is 1080. The van der Waals surface area contributed by atoms with Crippen LogP contribution in [0, 0.1) is 0 Å². The molecule has 0 bridgehead atoms. The monoisotopic (exact) mass is 431 g/mol. The summed E-state index contributed by atoms with van der Waals surface area (Å²) in [5.41, 5.74) is 0.934. The lowest BCUT2D eigenvalue weighted by Crippen LogP contribution is -2.21. The summed E-state index contributed by atoms with van der Waals surface area (Å²) in [6, 6.07) is 9.41. The number of aromatic nitrogens is 1. The Hall–Kier alpha value is -2.67. The third-order valence-corrected chi connectivity index (χ3v) is 5.39. The summed E-state index contributed by atoms with van der Waals surface area (Å²) >= 11 is 3.56. The summed E-state index contributed by atoms with van der Waals surface area (Å²) in [5, 5.41) is 1.34. The van der Waals surface area contributed by atoms with Crippen molar-refractivity contribution in [2.75, 3.05) is 21.0 Å². The maximum atomic E-state index is 13.0. The number of ether oxygens (including phenoxy) is 4. The van der Waals surface area contributed by atoms with E-state index in [9.17, 15) is 4.79 Å². The molecular weight excluding hydrogens is 414 g/mol. The van der Waals surface area contributed by atoms with Gasteiger partial charge in [-0.25, -0.2) is 0 Å². The molecule has 1 aliphatic heterocycles. The molecule has 0 atom stereocenters. The Morgan fingerprint density at radius 1 is 1.11 bits per heavy atom. The number of hydrogen-bond donors (Lipinski definition) is 0. The Balaban J connectivity index is 1.69. The topological polar surface area (TPSA) is 58.9 Å². The highest BCUT2D eigenvalue weighted by atomic mass is 79.9. The Morgan fingerprint density at radius 3 is 2.63 bits per heavy atom. The first-order chi connectivity index (χ1) is 13.1. The van der Waals surface area contributed by atoms with E-state index in [1.807, 2.05) is 24.3 Å². The molecule has 27 heavy (non-hydrogen) atoms. The maximum Gasteiger partial charge on any atom is 0.262 e. The second kappa shape index (κ2) is 7.15. The largest absolute Gasteiger partial charge is 0.493 e. The molecule has 0 radical (unpaired) electrons. The van der Waals surface area contributed by atoms with Crippen molar-refractivity contribution in [2.45, 2.75) is 13.0 Å². The molecule has 0 amide bonds. The molecule has 0 aliphatic carbocycles. The van der Waals surface area contributed by atoms with E-state index in [-0.39, 0.29) is 12.4 Å². The molecule has 0 fully saturated rings. The summed E-state index contributed by atoms with van der Waals surface area (Å²) in [6.45, 7) is 0.754. The lowest BCUT2D eigenvalue weighted by atomic mass is 10.1. The van der Waals surface area contributed by atoms with Crippen LogP contribution in [0.15, 0.2) is 45.8 Å². The van der Waals surface area contributed by atoms with Gasteiger partial charge in [0.2, 0.25) is 6.79 Å². The molecule has 6 nitrogen and oxygen atoms in total. The molecular formula is C20H18BrNO5. The number of aryl methyl sites for hydroxylation is 2. The first kappa shape index (κ1) is 17.7. The standard InChI is InChI=1S/C20H18BrNO5/c1-24-15-4-3-12-5-7-22(20(23)18(12)19(15)25-2)8-6-13-9-16-17(10-14(13)21)27-11-26-16/h3-5,7,9-10H,6,8,11H2,1-2H3.